The van der Waals surface area contributed by atoms with Crippen molar-refractivity contribution < 1.29 is 23.5 Å². The van der Waals surface area contributed by atoms with Gasteiger partial charge in [-0.15, -0.1) is 0 Å². The number of imide groups is 1. The van der Waals surface area contributed by atoms with Crippen LogP contribution in [0.4, 0.5) is 0 Å². The van der Waals surface area contributed by atoms with Crippen molar-refractivity contribution in [1.82, 2.24) is 9.88 Å². The van der Waals surface area contributed by atoms with Crippen molar-refractivity contribution in [3.05, 3.63) is 83.9 Å². The number of benzene rings is 3. The Balaban J connectivity index is 1.28. The van der Waals surface area contributed by atoms with Crippen LogP contribution in [0, 0.1) is 0 Å². The lowest BCUT2D eigenvalue weighted by Gasteiger charge is -2.14. The van der Waals surface area contributed by atoms with E-state index >= 15 is 0 Å². The van der Waals surface area contributed by atoms with Crippen molar-refractivity contribution in [2.45, 2.75) is 5.22 Å². The zero-order valence-electron chi connectivity index (χ0n) is 19.2. The minimum atomic E-state index is -0.287. The van der Waals surface area contributed by atoms with Gasteiger partial charge in [0.1, 0.15) is 23.8 Å². The number of hydrogen-bond acceptors (Lipinski definition) is 7. The number of fused-ring (bicyclic) bond motifs is 1. The number of amides is 2. The molecule has 0 saturated heterocycles. The summed E-state index contributed by atoms with van der Waals surface area (Å²) in [5, 5.41) is 0.576. The minimum absolute atomic E-state index is 0.175. The highest BCUT2D eigenvalue weighted by atomic mass is 32.2. The van der Waals surface area contributed by atoms with Crippen LogP contribution in [-0.4, -0.2) is 48.2 Å². The Morgan fingerprint density at radius 2 is 1.46 bits per heavy atom. The first-order valence-corrected chi connectivity index (χ1v) is 12.2. The molecule has 7 nitrogen and oxygen atoms in total. The lowest BCUT2D eigenvalue weighted by atomic mass is 10.1. The van der Waals surface area contributed by atoms with Crippen molar-refractivity contribution in [2.75, 3.05) is 26.5 Å². The molecule has 1 aromatic heterocycles. The largest absolute Gasteiger partial charge is 0.497 e. The number of hydrogen-bond donors (Lipinski definition) is 0. The van der Waals surface area contributed by atoms with Gasteiger partial charge in [0.25, 0.3) is 17.0 Å². The number of carbonyl (C=O) groups is 2. The predicted octanol–water partition coefficient (Wildman–Crippen LogP) is 5.41. The van der Waals surface area contributed by atoms with E-state index in [2.05, 4.69) is 4.98 Å². The molecular weight excluding hydrogens is 464 g/mol. The first kappa shape index (κ1) is 22.7. The Labute approximate surface area is 206 Å². The molecule has 0 atom stereocenters. The average Bonchev–Trinajstić information content (AvgIpc) is 3.45. The van der Waals surface area contributed by atoms with E-state index in [1.165, 1.54) is 16.7 Å². The lowest BCUT2D eigenvalue weighted by Crippen LogP contribution is -2.33. The monoisotopic (exact) mass is 486 g/mol. The number of carbonyl (C=O) groups excluding carboxylic acids is 2. The van der Waals surface area contributed by atoms with Crippen LogP contribution in [-0.2, 0) is 0 Å². The van der Waals surface area contributed by atoms with Gasteiger partial charge in [0, 0.05) is 11.1 Å². The number of nitrogens with zero attached hydrogens (tertiary/aromatic N) is 2. The molecule has 0 N–H and O–H groups in total. The average molecular weight is 487 g/mol. The Hall–Kier alpha value is -4.04. The van der Waals surface area contributed by atoms with E-state index < -0.39 is 0 Å². The summed E-state index contributed by atoms with van der Waals surface area (Å²) in [7, 11) is 1.63. The highest BCUT2D eigenvalue weighted by Crippen LogP contribution is 2.36. The van der Waals surface area contributed by atoms with Gasteiger partial charge >= 0.3 is 0 Å². The van der Waals surface area contributed by atoms with E-state index in [-0.39, 0.29) is 25.0 Å². The summed E-state index contributed by atoms with van der Waals surface area (Å²) in [6, 6.07) is 22.0. The first-order chi connectivity index (χ1) is 17.1. The van der Waals surface area contributed by atoms with Gasteiger partial charge in [-0.2, -0.15) is 0 Å². The third kappa shape index (κ3) is 4.40. The zero-order chi connectivity index (χ0) is 24.4. The second kappa shape index (κ2) is 9.68. The standard InChI is InChI=1S/C27H22N2O5S/c1-32-19-11-7-17(8-12-19)23-24(34-27(28-23)35-2)18-9-13-20(14-10-18)33-16-15-29-25(30)21-5-3-4-6-22(21)26(29)31/h3-14H,15-16H2,1-2H3. The van der Waals surface area contributed by atoms with Crippen LogP contribution >= 0.6 is 11.8 Å². The van der Waals surface area contributed by atoms with E-state index in [0.29, 0.717) is 27.9 Å². The minimum Gasteiger partial charge on any atom is -0.497 e. The summed E-state index contributed by atoms with van der Waals surface area (Å²) in [6.07, 6.45) is 1.92. The van der Waals surface area contributed by atoms with Crippen LogP contribution in [0.15, 0.2) is 82.4 Å². The maximum absolute atomic E-state index is 12.5. The maximum Gasteiger partial charge on any atom is 0.261 e. The van der Waals surface area contributed by atoms with E-state index in [1.54, 1.807) is 31.4 Å². The van der Waals surface area contributed by atoms with Crippen molar-refractivity contribution in [3.8, 4) is 34.1 Å². The van der Waals surface area contributed by atoms with Gasteiger partial charge in [-0.05, 0) is 66.9 Å². The first-order valence-electron chi connectivity index (χ1n) is 11.0. The summed E-state index contributed by atoms with van der Waals surface area (Å²) in [6.45, 7) is 0.371. The smallest absolute Gasteiger partial charge is 0.261 e. The van der Waals surface area contributed by atoms with Crippen molar-refractivity contribution in [1.29, 1.82) is 0 Å². The van der Waals surface area contributed by atoms with Crippen LogP contribution in [0.2, 0.25) is 0 Å². The van der Waals surface area contributed by atoms with Crippen LogP contribution in [0.5, 0.6) is 11.5 Å². The van der Waals surface area contributed by atoms with Crippen molar-refractivity contribution in [2.24, 2.45) is 0 Å². The number of oxazole rings is 1. The number of ether oxygens (including phenoxy) is 2. The van der Waals surface area contributed by atoms with Crippen molar-refractivity contribution in [3.63, 3.8) is 0 Å². The lowest BCUT2D eigenvalue weighted by molar-refractivity contribution is 0.0631. The predicted molar refractivity (Wildman–Crippen MR) is 133 cm³/mol. The molecule has 176 valence electrons. The topological polar surface area (TPSA) is 81.9 Å². The molecule has 0 fully saturated rings. The third-order valence-corrected chi connectivity index (χ3v) is 6.25. The van der Waals surface area contributed by atoms with Gasteiger partial charge in [-0.1, -0.05) is 23.9 Å². The van der Waals surface area contributed by atoms with E-state index in [0.717, 1.165) is 22.6 Å². The molecule has 2 amide bonds. The van der Waals surface area contributed by atoms with Gasteiger partial charge in [-0.3, -0.25) is 14.5 Å². The second-order valence-corrected chi connectivity index (χ2v) is 8.53. The summed E-state index contributed by atoms with van der Waals surface area (Å²) < 4.78 is 17.1. The van der Waals surface area contributed by atoms with Gasteiger partial charge < -0.3 is 13.9 Å². The molecule has 0 spiro atoms. The van der Waals surface area contributed by atoms with Crippen LogP contribution in [0.3, 0.4) is 0 Å². The second-order valence-electron chi connectivity index (χ2n) is 7.77. The molecule has 0 aliphatic carbocycles. The normalized spacial score (nSPS) is 12.7. The number of methoxy groups -OCH3 is 1. The molecule has 3 aromatic carbocycles. The molecule has 2 heterocycles. The zero-order valence-corrected chi connectivity index (χ0v) is 20.0. The van der Waals surface area contributed by atoms with Gasteiger partial charge in [0.15, 0.2) is 5.76 Å². The summed E-state index contributed by atoms with van der Waals surface area (Å²) >= 11 is 1.44. The fraction of sp³-hybridized carbons (Fsp3) is 0.148. The van der Waals surface area contributed by atoms with E-state index in [1.807, 2.05) is 54.8 Å². The van der Waals surface area contributed by atoms with E-state index in [9.17, 15) is 9.59 Å². The molecule has 0 bridgehead atoms. The van der Waals surface area contributed by atoms with E-state index in [4.69, 9.17) is 13.9 Å². The summed E-state index contributed by atoms with van der Waals surface area (Å²) in [5.74, 6) is 1.49. The summed E-state index contributed by atoms with van der Waals surface area (Å²) in [4.78, 5) is 30.8. The SMILES string of the molecule is COc1ccc(-c2nc(SC)oc2-c2ccc(OCCN3C(=O)c4ccccc4C3=O)cc2)cc1. The molecule has 0 saturated carbocycles. The highest BCUT2D eigenvalue weighted by Gasteiger charge is 2.34. The highest BCUT2D eigenvalue weighted by molar-refractivity contribution is 7.98. The van der Waals surface area contributed by atoms with Gasteiger partial charge in [0.2, 0.25) is 0 Å². The molecular formula is C27H22N2O5S. The molecule has 5 rings (SSSR count). The number of rotatable bonds is 8. The van der Waals surface area contributed by atoms with Crippen LogP contribution in [0.1, 0.15) is 20.7 Å². The van der Waals surface area contributed by atoms with Crippen molar-refractivity contribution >= 4 is 23.6 Å². The molecule has 35 heavy (non-hydrogen) atoms. The fourth-order valence-corrected chi connectivity index (χ4v) is 4.28. The fourth-order valence-electron chi connectivity index (χ4n) is 3.93. The Morgan fingerprint density at radius 3 is 2.06 bits per heavy atom. The maximum atomic E-state index is 12.5. The summed E-state index contributed by atoms with van der Waals surface area (Å²) in [5.41, 5.74) is 3.40. The van der Waals surface area contributed by atoms with Gasteiger partial charge in [-0.25, -0.2) is 4.98 Å². The Kier molecular flexibility index (Phi) is 6.29. The Bertz CT molecular complexity index is 1340. The number of aromatic nitrogens is 1. The third-order valence-electron chi connectivity index (χ3n) is 5.72. The molecule has 0 radical (unpaired) electrons. The molecule has 1 aliphatic rings. The van der Waals surface area contributed by atoms with Crippen LogP contribution < -0.4 is 9.47 Å². The van der Waals surface area contributed by atoms with Crippen LogP contribution in [0.25, 0.3) is 22.6 Å². The molecule has 0 unspecified atom stereocenters. The Morgan fingerprint density at radius 1 is 0.857 bits per heavy atom. The number of thioether (sulfide) groups is 1. The molecule has 1 aliphatic heterocycles. The quantitative estimate of drug-likeness (QED) is 0.243. The van der Waals surface area contributed by atoms with Gasteiger partial charge in [0.05, 0.1) is 24.8 Å². The molecule has 4 aromatic rings. The molecule has 8 heteroatoms.